The highest BCUT2D eigenvalue weighted by molar-refractivity contribution is 9.10. The van der Waals surface area contributed by atoms with Crippen molar-refractivity contribution in [3.63, 3.8) is 0 Å². The minimum Gasteiger partial charge on any atom is -0.316 e. The Hall–Kier alpha value is -3.11. The number of carbonyl (C=O) groups is 1. The second kappa shape index (κ2) is 12.0. The molecule has 0 aliphatic carbocycles. The molecular formula is C28H25BrCl2N4O3S. The summed E-state index contributed by atoms with van der Waals surface area (Å²) in [6.07, 6.45) is 1.51. The Kier molecular flexibility index (Phi) is 8.86. The molecule has 39 heavy (non-hydrogen) atoms. The van der Waals surface area contributed by atoms with Crippen LogP contribution in [0.2, 0.25) is 10.0 Å². The van der Waals surface area contributed by atoms with Gasteiger partial charge >= 0.3 is 0 Å². The molecule has 0 fully saturated rings. The Morgan fingerprint density at radius 3 is 2.31 bits per heavy atom. The fourth-order valence-corrected chi connectivity index (χ4v) is 6.23. The number of halogens is 3. The second-order valence-electron chi connectivity index (χ2n) is 8.85. The first-order valence-electron chi connectivity index (χ1n) is 11.8. The number of hydrogen-bond donors (Lipinski definition) is 1. The van der Waals surface area contributed by atoms with Crippen molar-refractivity contribution in [2.24, 2.45) is 5.10 Å². The summed E-state index contributed by atoms with van der Waals surface area (Å²) in [5, 5.41) is 5.14. The van der Waals surface area contributed by atoms with Crippen LogP contribution in [0.5, 0.6) is 0 Å². The van der Waals surface area contributed by atoms with Gasteiger partial charge in [-0.05, 0) is 81.4 Å². The Morgan fingerprint density at radius 1 is 1.00 bits per heavy atom. The lowest BCUT2D eigenvalue weighted by Crippen LogP contribution is -2.39. The lowest BCUT2D eigenvalue weighted by molar-refractivity contribution is -0.119. The predicted molar refractivity (Wildman–Crippen MR) is 161 cm³/mol. The van der Waals surface area contributed by atoms with Crippen molar-refractivity contribution >= 4 is 67.0 Å². The normalized spacial score (nSPS) is 11.6. The molecule has 3 aromatic carbocycles. The van der Waals surface area contributed by atoms with Crippen molar-refractivity contribution in [2.45, 2.75) is 25.7 Å². The molecule has 7 nitrogen and oxygen atoms in total. The number of benzene rings is 3. The van der Waals surface area contributed by atoms with Crippen LogP contribution in [-0.4, -0.2) is 31.7 Å². The molecule has 4 rings (SSSR count). The van der Waals surface area contributed by atoms with Gasteiger partial charge in [0.1, 0.15) is 6.54 Å². The molecule has 0 aliphatic heterocycles. The Labute approximate surface area is 246 Å². The van der Waals surface area contributed by atoms with Crippen LogP contribution in [0.25, 0.3) is 5.69 Å². The minimum absolute atomic E-state index is 0.0839. The molecule has 11 heteroatoms. The zero-order valence-electron chi connectivity index (χ0n) is 21.3. The van der Waals surface area contributed by atoms with Gasteiger partial charge in [0.25, 0.3) is 15.9 Å². The predicted octanol–water partition coefficient (Wildman–Crippen LogP) is 6.82. The maximum atomic E-state index is 13.5. The first-order chi connectivity index (χ1) is 18.5. The number of amides is 1. The summed E-state index contributed by atoms with van der Waals surface area (Å²) in [7, 11) is -4.02. The largest absolute Gasteiger partial charge is 0.316 e. The zero-order chi connectivity index (χ0) is 28.3. The third kappa shape index (κ3) is 6.55. The first kappa shape index (κ1) is 28.9. The van der Waals surface area contributed by atoms with E-state index in [0.717, 1.165) is 37.0 Å². The van der Waals surface area contributed by atoms with Gasteiger partial charge < -0.3 is 4.57 Å². The fourth-order valence-electron chi connectivity index (χ4n) is 4.05. The van der Waals surface area contributed by atoms with Gasteiger partial charge in [-0.1, -0.05) is 56.8 Å². The van der Waals surface area contributed by atoms with Crippen LogP contribution < -0.4 is 9.73 Å². The standard InChI is InChI=1S/C28H25BrCl2N4O3S/c1-18-4-11-25(12-5-18)39(37,38)34(24-9-6-22(29)7-10-24)17-28(36)33-32-16-21-14-19(2)35(20(21)3)27-13-8-23(30)15-26(27)31/h4-16H,17H2,1-3H3,(H,33,36)/b32-16-. The van der Waals surface area contributed by atoms with Crippen molar-refractivity contribution in [3.05, 3.63) is 110 Å². The molecule has 1 heterocycles. The number of nitrogens with zero attached hydrogens (tertiary/aromatic N) is 3. The van der Waals surface area contributed by atoms with Gasteiger partial charge in [0.15, 0.2) is 0 Å². The number of anilines is 1. The minimum atomic E-state index is -4.02. The van der Waals surface area contributed by atoms with E-state index >= 15 is 0 Å². The lowest BCUT2D eigenvalue weighted by atomic mass is 10.2. The summed E-state index contributed by atoms with van der Waals surface area (Å²) in [6, 6.07) is 20.3. The third-order valence-corrected chi connectivity index (χ3v) is 8.88. The number of rotatable bonds is 8. The van der Waals surface area contributed by atoms with E-state index in [0.29, 0.717) is 15.7 Å². The second-order valence-corrected chi connectivity index (χ2v) is 12.5. The maximum Gasteiger partial charge on any atom is 0.264 e. The number of nitrogens with one attached hydrogen (secondary N) is 1. The average molecular weight is 648 g/mol. The van der Waals surface area contributed by atoms with Crippen molar-refractivity contribution in [1.82, 2.24) is 9.99 Å². The molecule has 0 bridgehead atoms. The first-order valence-corrected chi connectivity index (χ1v) is 14.8. The number of aromatic nitrogens is 1. The number of sulfonamides is 1. The van der Waals surface area contributed by atoms with Gasteiger partial charge in [-0.3, -0.25) is 9.10 Å². The molecule has 0 saturated carbocycles. The van der Waals surface area contributed by atoms with Gasteiger partial charge in [0, 0.05) is 26.4 Å². The summed E-state index contributed by atoms with van der Waals surface area (Å²) in [5.74, 6) is -0.598. The van der Waals surface area contributed by atoms with E-state index in [1.165, 1.54) is 18.3 Å². The van der Waals surface area contributed by atoms with Gasteiger partial charge in [-0.25, -0.2) is 13.8 Å². The highest BCUT2D eigenvalue weighted by Gasteiger charge is 2.27. The van der Waals surface area contributed by atoms with E-state index in [1.807, 2.05) is 37.5 Å². The molecule has 1 aromatic heterocycles. The molecule has 0 aliphatic rings. The Bertz CT molecular complexity index is 1650. The zero-order valence-corrected chi connectivity index (χ0v) is 25.2. The number of aryl methyl sites for hydroxylation is 2. The molecular weight excluding hydrogens is 623 g/mol. The van der Waals surface area contributed by atoms with Crippen LogP contribution in [-0.2, 0) is 14.8 Å². The van der Waals surface area contributed by atoms with Crippen LogP contribution in [0.3, 0.4) is 0 Å². The molecule has 0 atom stereocenters. The van der Waals surface area contributed by atoms with Crippen molar-refractivity contribution in [1.29, 1.82) is 0 Å². The Morgan fingerprint density at radius 2 is 1.67 bits per heavy atom. The van der Waals surface area contributed by atoms with E-state index in [1.54, 1.807) is 48.5 Å². The smallest absolute Gasteiger partial charge is 0.264 e. The maximum absolute atomic E-state index is 13.5. The van der Waals surface area contributed by atoms with Crippen LogP contribution in [0.1, 0.15) is 22.5 Å². The van der Waals surface area contributed by atoms with Crippen molar-refractivity contribution < 1.29 is 13.2 Å². The quantitative estimate of drug-likeness (QED) is 0.168. The molecule has 4 aromatic rings. The van der Waals surface area contributed by atoms with E-state index < -0.39 is 22.5 Å². The van der Waals surface area contributed by atoms with E-state index in [2.05, 4.69) is 26.5 Å². The molecule has 0 radical (unpaired) electrons. The average Bonchev–Trinajstić information content (AvgIpc) is 3.16. The molecule has 202 valence electrons. The summed E-state index contributed by atoms with van der Waals surface area (Å²) >= 11 is 15.8. The van der Waals surface area contributed by atoms with Gasteiger partial charge in [-0.15, -0.1) is 0 Å². The Balaban J connectivity index is 1.56. The molecule has 1 N–H and O–H groups in total. The monoisotopic (exact) mass is 646 g/mol. The van der Waals surface area contributed by atoms with E-state index in [-0.39, 0.29) is 4.90 Å². The topological polar surface area (TPSA) is 83.8 Å². The van der Waals surface area contributed by atoms with Crippen LogP contribution >= 0.6 is 39.1 Å². The van der Waals surface area contributed by atoms with Crippen molar-refractivity contribution in [3.8, 4) is 5.69 Å². The fraction of sp³-hybridized carbons (Fsp3) is 0.143. The number of carbonyl (C=O) groups excluding carboxylic acids is 1. The van der Waals surface area contributed by atoms with Crippen LogP contribution in [0.15, 0.2) is 87.3 Å². The van der Waals surface area contributed by atoms with E-state index in [9.17, 15) is 13.2 Å². The van der Waals surface area contributed by atoms with Crippen LogP contribution in [0.4, 0.5) is 5.69 Å². The highest BCUT2D eigenvalue weighted by atomic mass is 79.9. The highest BCUT2D eigenvalue weighted by Crippen LogP contribution is 2.29. The molecule has 0 unspecified atom stereocenters. The summed E-state index contributed by atoms with van der Waals surface area (Å²) < 4.78 is 30.8. The number of hydrogen-bond acceptors (Lipinski definition) is 4. The van der Waals surface area contributed by atoms with Gasteiger partial charge in [0.05, 0.1) is 27.5 Å². The molecule has 0 spiro atoms. The van der Waals surface area contributed by atoms with Gasteiger partial charge in [-0.2, -0.15) is 5.10 Å². The van der Waals surface area contributed by atoms with Crippen molar-refractivity contribution in [2.75, 3.05) is 10.8 Å². The molecule has 0 saturated heterocycles. The van der Waals surface area contributed by atoms with Gasteiger partial charge in [0.2, 0.25) is 0 Å². The third-order valence-electron chi connectivity index (χ3n) is 6.02. The summed E-state index contributed by atoms with van der Waals surface area (Å²) in [5.41, 5.74) is 7.02. The SMILES string of the molecule is Cc1ccc(S(=O)(=O)N(CC(=O)N/N=C\c2cc(C)n(-c3ccc(Cl)cc3Cl)c2C)c2ccc(Br)cc2)cc1. The lowest BCUT2D eigenvalue weighted by Gasteiger charge is -2.23. The summed E-state index contributed by atoms with van der Waals surface area (Å²) in [6.45, 7) is 5.24. The molecule has 1 amide bonds. The number of hydrazone groups is 1. The van der Waals surface area contributed by atoms with Crippen LogP contribution in [0, 0.1) is 20.8 Å². The van der Waals surface area contributed by atoms with E-state index in [4.69, 9.17) is 23.2 Å². The summed E-state index contributed by atoms with van der Waals surface area (Å²) in [4.78, 5) is 13.0.